The molecule has 0 aliphatic heterocycles. The van der Waals surface area contributed by atoms with E-state index < -0.39 is 0 Å². The normalized spacial score (nSPS) is 12.1. The van der Waals surface area contributed by atoms with E-state index in [0.717, 1.165) is 0 Å². The van der Waals surface area contributed by atoms with Crippen molar-refractivity contribution in [2.75, 3.05) is 0 Å². The number of hydrogen-bond donors (Lipinski definition) is 0. The van der Waals surface area contributed by atoms with Gasteiger partial charge in [-0.25, -0.2) is 0 Å². The molecule has 0 saturated carbocycles. The van der Waals surface area contributed by atoms with Crippen LogP contribution in [0.3, 0.4) is 0 Å². The molecule has 8 nitrogen and oxygen atoms in total. The molecule has 4 rings (SSSR count). The van der Waals surface area contributed by atoms with Crippen molar-refractivity contribution < 1.29 is 21.7 Å². The maximum absolute atomic E-state index is 11.0. The zero-order valence-corrected chi connectivity index (χ0v) is 21.0. The van der Waals surface area contributed by atoms with Crippen molar-refractivity contribution in [1.29, 1.82) is 0 Å². The van der Waals surface area contributed by atoms with Crippen molar-refractivity contribution in [2.24, 2.45) is 20.6 Å². The van der Waals surface area contributed by atoms with Gasteiger partial charge in [0.25, 0.3) is 0 Å². The van der Waals surface area contributed by atoms with Crippen LogP contribution < -0.4 is 0 Å². The first-order chi connectivity index (χ1) is 17.7. The summed E-state index contributed by atoms with van der Waals surface area (Å²) in [6, 6.07) is 35.2. The van der Waals surface area contributed by atoms with Gasteiger partial charge < -0.3 is 41.5 Å². The van der Waals surface area contributed by atoms with Crippen molar-refractivity contribution in [1.82, 2.24) is 0 Å². The van der Waals surface area contributed by atoms with Crippen LogP contribution in [0.5, 0.6) is 0 Å². The molecule has 0 aliphatic carbocycles. The molecule has 4 aromatic carbocycles. The molecule has 0 fully saturated rings. The summed E-state index contributed by atoms with van der Waals surface area (Å²) in [5, 5.41) is 55.7. The molecule has 0 spiro atoms. The van der Waals surface area contributed by atoms with Gasteiger partial charge in [0.15, 0.2) is 0 Å². The van der Waals surface area contributed by atoms with Crippen molar-refractivity contribution >= 4 is 22.8 Å². The average Bonchev–Trinajstić information content (AvgIpc) is 2.96. The largest absolute Gasteiger partial charge is 0.791 e. The Bertz CT molecular complexity index is 1130. The van der Waals surface area contributed by atoms with Crippen molar-refractivity contribution in [3.8, 4) is 0 Å². The molecule has 0 unspecified atom stereocenters. The first kappa shape index (κ1) is 28.7. The molecule has 0 aromatic heterocycles. The monoisotopic (exact) mass is 524 g/mol. The van der Waals surface area contributed by atoms with E-state index in [1.54, 1.807) is 97.1 Å². The fourth-order valence-electron chi connectivity index (χ4n) is 3.31. The fraction of sp³-hybridized carbons (Fsp3) is 0. The molecule has 0 atom stereocenters. The minimum absolute atomic E-state index is 0. The topological polar surface area (TPSA) is 142 Å². The van der Waals surface area contributed by atoms with Gasteiger partial charge in [0.05, 0.1) is 22.8 Å². The minimum atomic E-state index is 0. The van der Waals surface area contributed by atoms with Crippen LogP contribution in [0.2, 0.25) is 0 Å². The first-order valence-electron chi connectivity index (χ1n) is 10.8. The van der Waals surface area contributed by atoms with Crippen LogP contribution >= 0.6 is 0 Å². The van der Waals surface area contributed by atoms with E-state index in [1.165, 1.54) is 0 Å². The molecule has 0 aliphatic rings. The standard InChI is InChI=1S/2C14H12N2O2.Ti/c2*17-15-13(11-7-3-1-4-8-11)14(16-18)12-9-5-2-6-10-12;/h2*1-10,17-18H;/p-4. The Labute approximate surface area is 229 Å². The molecule has 4 aromatic rings. The maximum atomic E-state index is 11.0. The second-order valence-corrected chi connectivity index (χ2v) is 7.22. The van der Waals surface area contributed by atoms with Crippen molar-refractivity contribution in [2.45, 2.75) is 0 Å². The zero-order chi connectivity index (χ0) is 25.6. The van der Waals surface area contributed by atoms with E-state index in [-0.39, 0.29) is 44.6 Å². The molecular formula is C28H20N4O4Ti-4. The van der Waals surface area contributed by atoms with Gasteiger partial charge in [-0.1, -0.05) is 121 Å². The second-order valence-electron chi connectivity index (χ2n) is 7.22. The van der Waals surface area contributed by atoms with Gasteiger partial charge in [0, 0.05) is 44.0 Å². The van der Waals surface area contributed by atoms with Crippen LogP contribution in [0.25, 0.3) is 0 Å². The van der Waals surface area contributed by atoms with Crippen molar-refractivity contribution in [3.63, 3.8) is 0 Å². The van der Waals surface area contributed by atoms with E-state index >= 15 is 0 Å². The third-order valence-corrected chi connectivity index (χ3v) is 5.00. The molecule has 0 bridgehead atoms. The molecular weight excluding hydrogens is 504 g/mol. The molecule has 9 heteroatoms. The van der Waals surface area contributed by atoms with Crippen LogP contribution in [0.4, 0.5) is 0 Å². The summed E-state index contributed by atoms with van der Waals surface area (Å²) in [6.45, 7) is 0. The third-order valence-electron chi connectivity index (χ3n) is 5.00. The molecule has 0 amide bonds. The molecule has 184 valence electrons. The quantitative estimate of drug-likeness (QED) is 0.175. The predicted molar refractivity (Wildman–Crippen MR) is 145 cm³/mol. The molecule has 0 radical (unpaired) electrons. The number of rotatable bonds is 6. The summed E-state index contributed by atoms with van der Waals surface area (Å²) in [5.74, 6) is 0. The smallest absolute Gasteiger partial charge is 0.0847 e. The van der Waals surface area contributed by atoms with Crippen LogP contribution in [0, 0.1) is 20.8 Å². The Morgan fingerprint density at radius 3 is 0.622 bits per heavy atom. The number of hydrogen-bond acceptors (Lipinski definition) is 8. The number of nitrogens with zero attached hydrogens (tertiary/aromatic N) is 4. The van der Waals surface area contributed by atoms with E-state index in [1.807, 2.05) is 24.3 Å². The maximum Gasteiger partial charge on any atom is 0.0847 e. The van der Waals surface area contributed by atoms with Gasteiger partial charge in [-0.05, 0) is 0 Å². The van der Waals surface area contributed by atoms with Gasteiger partial charge in [0.1, 0.15) is 0 Å². The van der Waals surface area contributed by atoms with Crippen LogP contribution in [0.15, 0.2) is 142 Å². The Hall–Kier alpha value is -4.53. The minimum Gasteiger partial charge on any atom is -0.791 e. The predicted octanol–water partition coefficient (Wildman–Crippen LogP) is 5.92. The Morgan fingerprint density at radius 1 is 0.324 bits per heavy atom. The summed E-state index contributed by atoms with van der Waals surface area (Å²) >= 11 is 0. The van der Waals surface area contributed by atoms with Crippen LogP contribution in [0.1, 0.15) is 22.3 Å². The van der Waals surface area contributed by atoms with Crippen LogP contribution in [-0.4, -0.2) is 22.8 Å². The van der Waals surface area contributed by atoms with E-state index in [4.69, 9.17) is 0 Å². The van der Waals surface area contributed by atoms with Gasteiger partial charge in [0.2, 0.25) is 0 Å². The summed E-state index contributed by atoms with van der Waals surface area (Å²) < 4.78 is 0. The third kappa shape index (κ3) is 7.73. The van der Waals surface area contributed by atoms with Gasteiger partial charge in [-0.2, -0.15) is 0 Å². The summed E-state index contributed by atoms with van der Waals surface area (Å²) in [6.07, 6.45) is 0. The molecule has 0 heterocycles. The Balaban J connectivity index is 0.000000253. The van der Waals surface area contributed by atoms with E-state index in [2.05, 4.69) is 20.6 Å². The van der Waals surface area contributed by atoms with E-state index in [9.17, 15) is 20.8 Å². The fourth-order valence-corrected chi connectivity index (χ4v) is 3.31. The average molecular weight is 524 g/mol. The molecule has 0 saturated heterocycles. The van der Waals surface area contributed by atoms with Gasteiger partial charge >= 0.3 is 0 Å². The van der Waals surface area contributed by atoms with Gasteiger partial charge in [-0.15, -0.1) is 0 Å². The first-order valence-corrected chi connectivity index (χ1v) is 10.8. The van der Waals surface area contributed by atoms with Gasteiger partial charge in [-0.3, -0.25) is 0 Å². The zero-order valence-electron chi connectivity index (χ0n) is 19.5. The second kappa shape index (κ2) is 15.5. The Kier molecular flexibility index (Phi) is 12.0. The SMILES string of the molecule is [O-]N=C(C(=N[O-])c1ccccc1)c1ccccc1.[O-]N=C(C(=N[O-])c1ccccc1)c1ccccc1.[Ti]. The summed E-state index contributed by atoms with van der Waals surface area (Å²) in [5.41, 5.74) is 2.51. The summed E-state index contributed by atoms with van der Waals surface area (Å²) in [4.78, 5) is 0. The van der Waals surface area contributed by atoms with E-state index in [0.29, 0.717) is 22.3 Å². The van der Waals surface area contributed by atoms with Crippen LogP contribution in [-0.2, 0) is 21.7 Å². The molecule has 0 N–H and O–H groups in total. The van der Waals surface area contributed by atoms with Crippen molar-refractivity contribution in [3.05, 3.63) is 164 Å². The summed E-state index contributed by atoms with van der Waals surface area (Å²) in [7, 11) is 0. The number of benzene rings is 4. The molecule has 37 heavy (non-hydrogen) atoms. The Morgan fingerprint density at radius 2 is 0.486 bits per heavy atom.